The van der Waals surface area contributed by atoms with Crippen LogP contribution in [0.5, 0.6) is 0 Å². The fourth-order valence-electron chi connectivity index (χ4n) is 2.01. The van der Waals surface area contributed by atoms with Gasteiger partial charge in [-0.3, -0.25) is 5.43 Å². The number of nitrogens with zero attached hydrogens (tertiary/aromatic N) is 3. The van der Waals surface area contributed by atoms with E-state index in [0.29, 0.717) is 5.92 Å². The Balaban J connectivity index is 1.92. The number of rotatable bonds is 3. The van der Waals surface area contributed by atoms with Crippen LogP contribution in [0.4, 0.5) is 0 Å². The predicted octanol–water partition coefficient (Wildman–Crippen LogP) is 1.86. The van der Waals surface area contributed by atoms with Crippen molar-refractivity contribution in [1.29, 1.82) is 0 Å². The minimum absolute atomic E-state index is 0.111. The van der Waals surface area contributed by atoms with E-state index >= 15 is 0 Å². The molecule has 6 heteroatoms. The third-order valence-electron chi connectivity index (χ3n) is 3.39. The van der Waals surface area contributed by atoms with Gasteiger partial charge in [-0.2, -0.15) is 0 Å². The summed E-state index contributed by atoms with van der Waals surface area (Å²) >= 11 is 1.58. The van der Waals surface area contributed by atoms with Crippen LogP contribution >= 0.6 is 11.8 Å². The second-order valence-corrected chi connectivity index (χ2v) is 5.99. The summed E-state index contributed by atoms with van der Waals surface area (Å²) in [6.07, 6.45) is 0. The normalized spacial score (nSPS) is 15.5. The molecule has 2 heterocycles. The Hall–Kier alpha value is -1.79. The second kappa shape index (κ2) is 5.30. The third-order valence-corrected chi connectivity index (χ3v) is 4.22. The van der Waals surface area contributed by atoms with Crippen molar-refractivity contribution in [3.63, 3.8) is 0 Å². The minimum Gasteiger partial charge on any atom is -0.348 e. The van der Waals surface area contributed by atoms with E-state index < -0.39 is 0 Å². The summed E-state index contributed by atoms with van der Waals surface area (Å²) in [4.78, 5) is 0. The highest BCUT2D eigenvalue weighted by atomic mass is 32.2. The molecule has 0 unspecified atom stereocenters. The fourth-order valence-corrected chi connectivity index (χ4v) is 2.75. The number of fused-ring (bicyclic) bond motifs is 1. The summed E-state index contributed by atoms with van der Waals surface area (Å²) in [5.74, 6) is 1.30. The van der Waals surface area contributed by atoms with E-state index in [1.165, 1.54) is 0 Å². The van der Waals surface area contributed by atoms with Gasteiger partial charge < -0.3 is 5.73 Å². The lowest BCUT2D eigenvalue weighted by Gasteiger charge is -2.20. The van der Waals surface area contributed by atoms with E-state index in [4.69, 9.17) is 0 Å². The molecule has 1 atom stereocenters. The molecule has 0 saturated carbocycles. The van der Waals surface area contributed by atoms with Gasteiger partial charge in [0.05, 0.1) is 5.70 Å². The first kappa shape index (κ1) is 13.2. The molecule has 0 saturated heterocycles. The summed E-state index contributed by atoms with van der Waals surface area (Å²) in [6, 6.07) is 10.4. The van der Waals surface area contributed by atoms with Crippen molar-refractivity contribution >= 4 is 17.5 Å². The predicted molar refractivity (Wildman–Crippen MR) is 80.1 cm³/mol. The Morgan fingerprint density at radius 2 is 1.95 bits per heavy atom. The number of thioether (sulfide) groups is 1. The van der Waals surface area contributed by atoms with Crippen LogP contribution in [0, 0.1) is 5.92 Å². The zero-order valence-corrected chi connectivity index (χ0v) is 12.4. The molecule has 3 rings (SSSR count). The molecule has 0 bridgehead atoms. The highest BCUT2D eigenvalue weighted by molar-refractivity contribution is 8.02. The summed E-state index contributed by atoms with van der Waals surface area (Å²) in [5, 5.41) is 11.4. The first-order valence-corrected chi connectivity index (χ1v) is 7.52. The van der Waals surface area contributed by atoms with Gasteiger partial charge in [0.2, 0.25) is 11.0 Å². The van der Waals surface area contributed by atoms with Gasteiger partial charge in [0.25, 0.3) is 0 Å². The second-order valence-electron chi connectivity index (χ2n) is 5.15. The Bertz CT molecular complexity index is 632. The Kier molecular flexibility index (Phi) is 3.50. The van der Waals surface area contributed by atoms with Crippen LogP contribution in [0.3, 0.4) is 0 Å². The molecule has 0 amide bonds. The van der Waals surface area contributed by atoms with Crippen LogP contribution in [0.1, 0.15) is 31.3 Å². The number of aromatic nitrogens is 3. The van der Waals surface area contributed by atoms with E-state index in [1.807, 2.05) is 22.9 Å². The maximum atomic E-state index is 4.28. The van der Waals surface area contributed by atoms with Gasteiger partial charge in [0, 0.05) is 11.3 Å². The molecular weight excluding hydrogens is 270 g/mol. The molecule has 1 aromatic carbocycles. The Morgan fingerprint density at radius 1 is 1.20 bits per heavy atom. The van der Waals surface area contributed by atoms with Crippen molar-refractivity contribution in [3.8, 4) is 0 Å². The average molecular weight is 288 g/mol. The van der Waals surface area contributed by atoms with Gasteiger partial charge in [0.15, 0.2) is 0 Å². The topological polar surface area (TPSA) is 70.4 Å². The van der Waals surface area contributed by atoms with Crippen LogP contribution < -0.4 is 11.2 Å². The van der Waals surface area contributed by atoms with Crippen molar-refractivity contribution in [3.05, 3.63) is 47.1 Å². The molecule has 0 aliphatic carbocycles. The molecule has 1 aromatic heterocycles. The standard InChI is InChI=1S/C14H17N5S/c1-9(2)12(15)13-16-17-14-19(13)18-11(8-20-14)10-6-4-3-5-7-10/h3-9,12,18H,15H2,1-2H3/p+1/t12-/m0/s1. The van der Waals surface area contributed by atoms with E-state index in [-0.39, 0.29) is 6.04 Å². The molecule has 0 radical (unpaired) electrons. The lowest BCUT2D eigenvalue weighted by molar-refractivity contribution is -0.440. The van der Waals surface area contributed by atoms with E-state index in [2.05, 4.69) is 52.7 Å². The molecule has 0 fully saturated rings. The summed E-state index contributed by atoms with van der Waals surface area (Å²) in [5.41, 5.74) is 9.79. The Morgan fingerprint density at radius 3 is 2.65 bits per heavy atom. The quantitative estimate of drug-likeness (QED) is 0.904. The Labute approximate surface area is 122 Å². The van der Waals surface area contributed by atoms with Gasteiger partial charge in [0.1, 0.15) is 6.04 Å². The van der Waals surface area contributed by atoms with Crippen LogP contribution in [0.15, 0.2) is 40.9 Å². The maximum absolute atomic E-state index is 4.28. The van der Waals surface area contributed by atoms with Gasteiger partial charge in [-0.1, -0.05) is 55.9 Å². The number of hydrogen-bond acceptors (Lipinski definition) is 4. The number of quaternary nitrogens is 1. The first-order valence-electron chi connectivity index (χ1n) is 6.64. The van der Waals surface area contributed by atoms with E-state index in [1.54, 1.807) is 11.8 Å². The minimum atomic E-state index is 0.111. The van der Waals surface area contributed by atoms with E-state index in [0.717, 1.165) is 22.2 Å². The number of hydrogen-bond donors (Lipinski definition) is 2. The lowest BCUT2D eigenvalue weighted by Crippen LogP contribution is -2.57. The zero-order valence-electron chi connectivity index (χ0n) is 11.6. The lowest BCUT2D eigenvalue weighted by atomic mass is 10.1. The van der Waals surface area contributed by atoms with Crippen molar-refractivity contribution in [2.75, 3.05) is 5.43 Å². The SMILES string of the molecule is CC(C)[C@H]([NH3+])c1nnc2n1NC(c1ccccc1)=CS2. The summed E-state index contributed by atoms with van der Waals surface area (Å²) < 4.78 is 1.95. The van der Waals surface area contributed by atoms with Crippen LogP contribution in [0.25, 0.3) is 5.70 Å². The zero-order chi connectivity index (χ0) is 14.1. The largest absolute Gasteiger partial charge is 0.348 e. The smallest absolute Gasteiger partial charge is 0.214 e. The monoisotopic (exact) mass is 288 g/mol. The van der Waals surface area contributed by atoms with Gasteiger partial charge in [-0.05, 0) is 5.56 Å². The molecule has 104 valence electrons. The van der Waals surface area contributed by atoms with Crippen LogP contribution in [0.2, 0.25) is 0 Å². The van der Waals surface area contributed by atoms with Crippen molar-refractivity contribution < 1.29 is 5.73 Å². The summed E-state index contributed by atoms with van der Waals surface area (Å²) in [6.45, 7) is 4.28. The van der Waals surface area contributed by atoms with E-state index in [9.17, 15) is 0 Å². The maximum Gasteiger partial charge on any atom is 0.214 e. The highest BCUT2D eigenvalue weighted by Crippen LogP contribution is 2.30. The molecule has 0 spiro atoms. The van der Waals surface area contributed by atoms with Gasteiger partial charge in [-0.25, -0.2) is 4.68 Å². The molecule has 1 aliphatic heterocycles. The molecule has 4 N–H and O–H groups in total. The third kappa shape index (κ3) is 2.32. The highest BCUT2D eigenvalue weighted by Gasteiger charge is 2.26. The molecule has 5 nitrogen and oxygen atoms in total. The van der Waals surface area contributed by atoms with Gasteiger partial charge in [-0.15, -0.1) is 10.2 Å². The molecule has 20 heavy (non-hydrogen) atoms. The van der Waals surface area contributed by atoms with Crippen molar-refractivity contribution in [1.82, 2.24) is 14.9 Å². The number of nitrogens with one attached hydrogen (secondary N) is 1. The molecular formula is C14H18N5S+. The number of benzene rings is 1. The molecule has 1 aliphatic rings. The molecule has 2 aromatic rings. The fraction of sp³-hybridized carbons (Fsp3) is 0.286. The first-order chi connectivity index (χ1) is 9.66. The van der Waals surface area contributed by atoms with Crippen molar-refractivity contribution in [2.24, 2.45) is 5.92 Å². The average Bonchev–Trinajstić information content (AvgIpc) is 2.90. The van der Waals surface area contributed by atoms with Crippen molar-refractivity contribution in [2.45, 2.75) is 25.0 Å². The summed E-state index contributed by atoms with van der Waals surface area (Å²) in [7, 11) is 0. The van der Waals surface area contributed by atoms with Crippen LogP contribution in [-0.2, 0) is 0 Å². The van der Waals surface area contributed by atoms with Gasteiger partial charge >= 0.3 is 0 Å². The van der Waals surface area contributed by atoms with Crippen LogP contribution in [-0.4, -0.2) is 14.9 Å².